The van der Waals surface area contributed by atoms with Crippen molar-refractivity contribution < 1.29 is 24.0 Å². The van der Waals surface area contributed by atoms with Gasteiger partial charge in [-0.1, -0.05) is 35.3 Å². The Labute approximate surface area is 213 Å². The Morgan fingerprint density at radius 3 is 2.63 bits per heavy atom. The van der Waals surface area contributed by atoms with Crippen LogP contribution in [0.15, 0.2) is 59.6 Å². The van der Waals surface area contributed by atoms with Crippen LogP contribution in [0.3, 0.4) is 0 Å². The molecule has 2 heterocycles. The molecule has 1 aliphatic rings. The van der Waals surface area contributed by atoms with Gasteiger partial charge in [0.15, 0.2) is 11.5 Å². The number of nitro groups is 1. The fraction of sp³-hybridized carbons (Fsp3) is 0.0870. The number of aromatic nitrogens is 1. The molecule has 0 bridgehead atoms. The second-order valence-corrected chi connectivity index (χ2v) is 8.92. The highest BCUT2D eigenvalue weighted by Gasteiger charge is 2.35. The van der Waals surface area contributed by atoms with Crippen LogP contribution in [-0.4, -0.2) is 33.1 Å². The number of hydrogen-bond donors (Lipinski definition) is 0. The second kappa shape index (κ2) is 10.3. The van der Waals surface area contributed by atoms with E-state index in [0.717, 1.165) is 16.7 Å². The number of rotatable bonds is 7. The summed E-state index contributed by atoms with van der Waals surface area (Å²) in [5, 5.41) is 11.5. The third-order valence-corrected chi connectivity index (χ3v) is 6.48. The van der Waals surface area contributed by atoms with Gasteiger partial charge in [0.2, 0.25) is 0 Å². The average molecular weight is 532 g/mol. The number of hydrogen-bond acceptors (Lipinski definition) is 8. The molecule has 178 valence electrons. The maximum absolute atomic E-state index is 12.9. The Morgan fingerprint density at radius 2 is 1.91 bits per heavy atom. The lowest BCUT2D eigenvalue weighted by molar-refractivity contribution is -0.386. The minimum Gasteiger partial charge on any atom is -0.493 e. The van der Waals surface area contributed by atoms with Crippen molar-refractivity contribution in [1.82, 2.24) is 9.88 Å². The summed E-state index contributed by atoms with van der Waals surface area (Å²) in [6.07, 6.45) is 2.92. The number of ether oxygens (including phenoxy) is 2. The van der Waals surface area contributed by atoms with Gasteiger partial charge in [-0.25, -0.2) is 4.98 Å². The fourth-order valence-corrected chi connectivity index (χ4v) is 4.33. The third-order valence-electron chi connectivity index (χ3n) is 4.84. The number of benzene rings is 2. The number of carbonyl (C=O) groups excluding carboxylic acids is 2. The molecule has 0 unspecified atom stereocenters. The molecule has 1 fully saturated rings. The van der Waals surface area contributed by atoms with Crippen molar-refractivity contribution in [1.29, 1.82) is 0 Å². The summed E-state index contributed by atoms with van der Waals surface area (Å²) in [7, 11) is 1.41. The van der Waals surface area contributed by atoms with Crippen molar-refractivity contribution in [3.05, 3.63) is 90.9 Å². The Morgan fingerprint density at radius 1 is 1.11 bits per heavy atom. The first-order chi connectivity index (χ1) is 16.8. The minimum atomic E-state index is -0.600. The molecule has 3 aromatic rings. The molecular formula is C23H15Cl2N3O6S. The molecular weight excluding hydrogens is 517 g/mol. The van der Waals surface area contributed by atoms with E-state index in [9.17, 15) is 19.7 Å². The van der Waals surface area contributed by atoms with Crippen LogP contribution in [0.4, 0.5) is 10.5 Å². The highest BCUT2D eigenvalue weighted by atomic mass is 35.5. The summed E-state index contributed by atoms with van der Waals surface area (Å²) >= 11 is 12.8. The van der Waals surface area contributed by atoms with Gasteiger partial charge in [-0.05, 0) is 59.3 Å². The summed E-state index contributed by atoms with van der Waals surface area (Å²) in [4.78, 5) is 41.2. The van der Waals surface area contributed by atoms with Crippen LogP contribution in [0.2, 0.25) is 10.0 Å². The molecule has 0 N–H and O–H groups in total. The topological polar surface area (TPSA) is 112 Å². The summed E-state index contributed by atoms with van der Waals surface area (Å²) in [5.41, 5.74) is 0.925. The first-order valence-corrected chi connectivity index (χ1v) is 11.5. The Bertz CT molecular complexity index is 1380. The molecule has 0 atom stereocenters. The standard InChI is InChI=1S/C23H15Cl2N3O6S/c1-33-19-10-13(5-7-18(19)34-21-17(28(31)32)3-2-8-26-21)11-20-22(29)27(23(30)35-20)12-14-4-6-15(24)16(25)9-14/h2-11H,12H2,1H3/b20-11-. The summed E-state index contributed by atoms with van der Waals surface area (Å²) in [6, 6.07) is 12.3. The van der Waals surface area contributed by atoms with Crippen molar-refractivity contribution in [3.8, 4) is 17.4 Å². The predicted octanol–water partition coefficient (Wildman–Crippen LogP) is 6.33. The van der Waals surface area contributed by atoms with Crippen molar-refractivity contribution in [2.24, 2.45) is 0 Å². The maximum atomic E-state index is 12.9. The lowest BCUT2D eigenvalue weighted by Crippen LogP contribution is -2.27. The number of carbonyl (C=O) groups is 2. The van der Waals surface area contributed by atoms with E-state index >= 15 is 0 Å². The molecule has 4 rings (SSSR count). The Hall–Kier alpha value is -3.60. The van der Waals surface area contributed by atoms with Gasteiger partial charge in [0.05, 0.1) is 33.5 Å². The van der Waals surface area contributed by atoms with Crippen LogP contribution >= 0.6 is 35.0 Å². The lowest BCUT2D eigenvalue weighted by Gasteiger charge is -2.13. The first-order valence-electron chi connectivity index (χ1n) is 9.91. The van der Waals surface area contributed by atoms with E-state index in [1.165, 1.54) is 31.5 Å². The molecule has 0 saturated carbocycles. The third kappa shape index (κ3) is 5.40. The smallest absolute Gasteiger partial charge is 0.331 e. The summed E-state index contributed by atoms with van der Waals surface area (Å²) < 4.78 is 11.0. The largest absolute Gasteiger partial charge is 0.493 e. The molecule has 2 amide bonds. The van der Waals surface area contributed by atoms with E-state index in [-0.39, 0.29) is 34.5 Å². The van der Waals surface area contributed by atoms with E-state index in [1.54, 1.807) is 36.4 Å². The molecule has 1 aromatic heterocycles. The van der Waals surface area contributed by atoms with Crippen molar-refractivity contribution >= 4 is 57.9 Å². The molecule has 1 saturated heterocycles. The molecule has 0 aliphatic carbocycles. The van der Waals surface area contributed by atoms with Gasteiger partial charge in [0.1, 0.15) is 0 Å². The molecule has 12 heteroatoms. The zero-order chi connectivity index (χ0) is 25.1. The Balaban J connectivity index is 1.55. The number of imide groups is 1. The highest BCUT2D eigenvalue weighted by molar-refractivity contribution is 8.18. The highest BCUT2D eigenvalue weighted by Crippen LogP contribution is 2.38. The number of amides is 2. The number of thioether (sulfide) groups is 1. The summed E-state index contributed by atoms with van der Waals surface area (Å²) in [5.74, 6) is -0.186. The zero-order valence-electron chi connectivity index (χ0n) is 17.9. The molecule has 0 spiro atoms. The zero-order valence-corrected chi connectivity index (χ0v) is 20.3. The predicted molar refractivity (Wildman–Crippen MR) is 132 cm³/mol. The lowest BCUT2D eigenvalue weighted by atomic mass is 10.1. The van der Waals surface area contributed by atoms with Gasteiger partial charge < -0.3 is 9.47 Å². The number of nitrogens with zero attached hydrogens (tertiary/aromatic N) is 3. The van der Waals surface area contributed by atoms with Crippen LogP contribution in [-0.2, 0) is 11.3 Å². The minimum absolute atomic E-state index is 0.0534. The maximum Gasteiger partial charge on any atom is 0.331 e. The fourth-order valence-electron chi connectivity index (χ4n) is 3.17. The molecule has 1 aliphatic heterocycles. The van der Waals surface area contributed by atoms with Crippen LogP contribution in [0.1, 0.15) is 11.1 Å². The SMILES string of the molecule is COc1cc(/C=C2\SC(=O)N(Cc3ccc(Cl)c(Cl)c3)C2=O)ccc1Oc1ncccc1[N+](=O)[O-]. The monoisotopic (exact) mass is 531 g/mol. The number of halogens is 2. The van der Waals surface area contributed by atoms with Gasteiger partial charge in [0.25, 0.3) is 17.0 Å². The van der Waals surface area contributed by atoms with E-state index in [4.69, 9.17) is 32.7 Å². The van der Waals surface area contributed by atoms with Crippen molar-refractivity contribution in [2.45, 2.75) is 6.54 Å². The first kappa shape index (κ1) is 24.5. The van der Waals surface area contributed by atoms with Crippen LogP contribution in [0, 0.1) is 10.1 Å². The second-order valence-electron chi connectivity index (χ2n) is 7.11. The molecule has 0 radical (unpaired) electrons. The van der Waals surface area contributed by atoms with E-state index < -0.39 is 16.1 Å². The van der Waals surface area contributed by atoms with Gasteiger partial charge in [-0.15, -0.1) is 0 Å². The Kier molecular flexibility index (Phi) is 7.25. The van der Waals surface area contributed by atoms with Crippen LogP contribution in [0.25, 0.3) is 6.08 Å². The van der Waals surface area contributed by atoms with Gasteiger partial charge >= 0.3 is 5.69 Å². The number of pyridine rings is 1. The molecule has 2 aromatic carbocycles. The summed E-state index contributed by atoms with van der Waals surface area (Å²) in [6.45, 7) is 0.0534. The van der Waals surface area contributed by atoms with Crippen LogP contribution in [0.5, 0.6) is 17.4 Å². The van der Waals surface area contributed by atoms with Gasteiger partial charge in [0, 0.05) is 12.3 Å². The molecule has 35 heavy (non-hydrogen) atoms. The van der Waals surface area contributed by atoms with Crippen molar-refractivity contribution in [3.63, 3.8) is 0 Å². The average Bonchev–Trinajstić information content (AvgIpc) is 3.09. The van der Waals surface area contributed by atoms with Gasteiger partial charge in [-0.2, -0.15) is 0 Å². The van der Waals surface area contributed by atoms with E-state index in [0.29, 0.717) is 21.2 Å². The normalized spacial score (nSPS) is 14.5. The quantitative estimate of drug-likeness (QED) is 0.197. The number of methoxy groups -OCH3 is 1. The molecule has 9 nitrogen and oxygen atoms in total. The van der Waals surface area contributed by atoms with Crippen LogP contribution < -0.4 is 9.47 Å². The van der Waals surface area contributed by atoms with E-state index in [1.807, 2.05) is 0 Å². The van der Waals surface area contributed by atoms with E-state index in [2.05, 4.69) is 4.98 Å². The van der Waals surface area contributed by atoms with Crippen molar-refractivity contribution in [2.75, 3.05) is 7.11 Å². The van der Waals surface area contributed by atoms with Gasteiger partial charge in [-0.3, -0.25) is 24.6 Å².